The first kappa shape index (κ1) is 17.8. The van der Waals surface area contributed by atoms with Gasteiger partial charge in [0.15, 0.2) is 5.82 Å². The molecule has 0 bridgehead atoms. The Labute approximate surface area is 163 Å². The second-order valence-electron chi connectivity index (χ2n) is 5.97. The molecule has 0 saturated carbocycles. The van der Waals surface area contributed by atoms with E-state index in [4.69, 9.17) is 11.6 Å². The predicted molar refractivity (Wildman–Crippen MR) is 106 cm³/mol. The maximum atomic E-state index is 14.2. The van der Waals surface area contributed by atoms with Crippen molar-refractivity contribution in [3.63, 3.8) is 0 Å². The second kappa shape index (κ2) is 7.21. The van der Waals surface area contributed by atoms with Gasteiger partial charge in [0.05, 0.1) is 16.1 Å². The number of aromatic nitrogens is 2. The fourth-order valence-corrected chi connectivity index (χ4v) is 2.88. The third kappa shape index (κ3) is 3.47. The smallest absolute Gasteiger partial charge is 0.271 e. The largest absolute Gasteiger partial charge is 0.337 e. The molecule has 0 radical (unpaired) electrons. The molecule has 4 rings (SSSR count). The molecule has 0 saturated heterocycles. The third-order valence-electron chi connectivity index (χ3n) is 4.12. The quantitative estimate of drug-likeness (QED) is 0.352. The summed E-state index contributed by atoms with van der Waals surface area (Å²) in [5.74, 6) is 0.139. The van der Waals surface area contributed by atoms with E-state index in [1.807, 2.05) is 18.2 Å². The minimum absolute atomic E-state index is 0.0416. The number of halogens is 2. The van der Waals surface area contributed by atoms with Crippen LogP contribution in [0.15, 0.2) is 66.7 Å². The zero-order valence-electron chi connectivity index (χ0n) is 14.3. The van der Waals surface area contributed by atoms with E-state index < -0.39 is 10.7 Å². The summed E-state index contributed by atoms with van der Waals surface area (Å²) in [5, 5.41) is 15.1. The van der Waals surface area contributed by atoms with Crippen molar-refractivity contribution in [1.82, 2.24) is 9.97 Å². The number of nitro groups is 1. The number of benzene rings is 3. The van der Waals surface area contributed by atoms with Gasteiger partial charge in [0.2, 0.25) is 0 Å². The van der Waals surface area contributed by atoms with E-state index in [9.17, 15) is 14.5 Å². The van der Waals surface area contributed by atoms with Crippen molar-refractivity contribution in [3.8, 4) is 11.4 Å². The van der Waals surface area contributed by atoms with E-state index in [0.717, 1.165) is 23.8 Å². The van der Waals surface area contributed by atoms with Gasteiger partial charge in [0, 0.05) is 28.1 Å². The van der Waals surface area contributed by atoms with Gasteiger partial charge in [-0.25, -0.2) is 14.4 Å². The summed E-state index contributed by atoms with van der Waals surface area (Å²) in [6.07, 6.45) is 0. The number of nitro benzene ring substituents is 1. The lowest BCUT2D eigenvalue weighted by molar-refractivity contribution is -0.384. The van der Waals surface area contributed by atoms with Crippen molar-refractivity contribution < 1.29 is 9.31 Å². The third-order valence-corrected chi connectivity index (χ3v) is 4.37. The summed E-state index contributed by atoms with van der Waals surface area (Å²) in [6, 6.07) is 17.5. The summed E-state index contributed by atoms with van der Waals surface area (Å²) >= 11 is 5.94. The normalized spacial score (nSPS) is 10.8. The van der Waals surface area contributed by atoms with E-state index in [1.54, 1.807) is 30.3 Å². The monoisotopic (exact) mass is 394 g/mol. The van der Waals surface area contributed by atoms with Crippen molar-refractivity contribution in [1.29, 1.82) is 0 Å². The predicted octanol–water partition coefficient (Wildman–Crippen LogP) is 5.74. The highest BCUT2D eigenvalue weighted by Gasteiger charge is 2.14. The highest BCUT2D eigenvalue weighted by atomic mass is 35.5. The first-order chi connectivity index (χ1) is 13.5. The summed E-state index contributed by atoms with van der Waals surface area (Å²) in [6.45, 7) is 0. The number of para-hydroxylation sites is 1. The van der Waals surface area contributed by atoms with Crippen LogP contribution in [0.5, 0.6) is 0 Å². The minimum Gasteiger partial charge on any atom is -0.337 e. The van der Waals surface area contributed by atoms with E-state index in [0.29, 0.717) is 27.6 Å². The summed E-state index contributed by atoms with van der Waals surface area (Å²) in [5.41, 5.74) is 1.12. The maximum absolute atomic E-state index is 14.2. The highest BCUT2D eigenvalue weighted by Crippen LogP contribution is 2.30. The molecule has 0 aliphatic rings. The van der Waals surface area contributed by atoms with Crippen LogP contribution in [0, 0.1) is 15.9 Å². The summed E-state index contributed by atoms with van der Waals surface area (Å²) in [4.78, 5) is 19.5. The molecule has 0 atom stereocenters. The molecule has 28 heavy (non-hydrogen) atoms. The van der Waals surface area contributed by atoms with Crippen LogP contribution >= 0.6 is 11.6 Å². The molecule has 0 amide bonds. The fourth-order valence-electron chi connectivity index (χ4n) is 2.75. The van der Waals surface area contributed by atoms with Crippen LogP contribution in [0.4, 0.5) is 21.6 Å². The van der Waals surface area contributed by atoms with Gasteiger partial charge in [0.1, 0.15) is 11.6 Å². The lowest BCUT2D eigenvalue weighted by Crippen LogP contribution is -2.01. The van der Waals surface area contributed by atoms with Crippen LogP contribution in [-0.4, -0.2) is 14.9 Å². The molecule has 138 valence electrons. The Morgan fingerprint density at radius 3 is 2.50 bits per heavy atom. The molecule has 0 aliphatic carbocycles. The van der Waals surface area contributed by atoms with Crippen molar-refractivity contribution in [2.45, 2.75) is 0 Å². The van der Waals surface area contributed by atoms with Gasteiger partial charge in [-0.15, -0.1) is 0 Å². The Bertz CT molecular complexity index is 1200. The van der Waals surface area contributed by atoms with Crippen LogP contribution in [0.25, 0.3) is 22.3 Å². The molecule has 4 aromatic rings. The molecule has 6 nitrogen and oxygen atoms in total. The first-order valence-electron chi connectivity index (χ1n) is 8.25. The van der Waals surface area contributed by atoms with Crippen LogP contribution in [0.3, 0.4) is 0 Å². The second-order valence-corrected chi connectivity index (χ2v) is 6.40. The zero-order valence-corrected chi connectivity index (χ0v) is 15.0. The number of nitrogens with one attached hydrogen (secondary N) is 1. The Kier molecular flexibility index (Phi) is 4.58. The maximum Gasteiger partial charge on any atom is 0.271 e. The molecular formula is C20H12ClFN4O2. The fraction of sp³-hybridized carbons (Fsp3) is 0. The molecule has 0 fully saturated rings. The van der Waals surface area contributed by atoms with Gasteiger partial charge in [-0.05, 0) is 42.5 Å². The average Bonchev–Trinajstić information content (AvgIpc) is 2.70. The Balaban J connectivity index is 1.85. The first-order valence-corrected chi connectivity index (χ1v) is 8.63. The number of non-ortho nitro benzene ring substituents is 1. The number of rotatable bonds is 4. The van der Waals surface area contributed by atoms with Gasteiger partial charge >= 0.3 is 0 Å². The van der Waals surface area contributed by atoms with Gasteiger partial charge in [-0.1, -0.05) is 23.7 Å². The van der Waals surface area contributed by atoms with Crippen LogP contribution < -0.4 is 5.32 Å². The van der Waals surface area contributed by atoms with Gasteiger partial charge in [0.25, 0.3) is 5.69 Å². The van der Waals surface area contributed by atoms with E-state index in [2.05, 4.69) is 15.3 Å². The lowest BCUT2D eigenvalue weighted by atomic mass is 10.1. The Morgan fingerprint density at radius 1 is 1.00 bits per heavy atom. The Hall–Kier alpha value is -3.58. The van der Waals surface area contributed by atoms with Crippen LogP contribution in [0.2, 0.25) is 5.02 Å². The number of anilines is 2. The topological polar surface area (TPSA) is 81.0 Å². The van der Waals surface area contributed by atoms with E-state index in [1.165, 1.54) is 0 Å². The standard InChI is InChI=1S/C20H12ClFN4O2/c21-13-7-5-12(6-8-13)19-23-17-4-2-1-3-15(17)20(25-19)24-18-11-14(26(27)28)9-10-16(18)22/h1-11H,(H,23,24,25). The number of hydrogen-bond acceptors (Lipinski definition) is 5. The summed E-state index contributed by atoms with van der Waals surface area (Å²) in [7, 11) is 0. The molecule has 0 unspecified atom stereocenters. The zero-order chi connectivity index (χ0) is 19.7. The number of fused-ring (bicyclic) bond motifs is 1. The lowest BCUT2D eigenvalue weighted by Gasteiger charge is -2.12. The number of nitrogens with zero attached hydrogens (tertiary/aromatic N) is 3. The number of hydrogen-bond donors (Lipinski definition) is 1. The molecule has 0 spiro atoms. The summed E-state index contributed by atoms with van der Waals surface area (Å²) < 4.78 is 14.2. The molecule has 0 aliphatic heterocycles. The van der Waals surface area contributed by atoms with Gasteiger partial charge < -0.3 is 5.32 Å². The van der Waals surface area contributed by atoms with Gasteiger partial charge in [-0.3, -0.25) is 10.1 Å². The van der Waals surface area contributed by atoms with E-state index in [-0.39, 0.29) is 11.4 Å². The molecular weight excluding hydrogens is 383 g/mol. The van der Waals surface area contributed by atoms with Crippen LogP contribution in [-0.2, 0) is 0 Å². The molecule has 8 heteroatoms. The Morgan fingerprint density at radius 2 is 1.75 bits per heavy atom. The minimum atomic E-state index is -0.624. The molecule has 1 N–H and O–H groups in total. The van der Waals surface area contributed by atoms with Crippen LogP contribution in [0.1, 0.15) is 0 Å². The van der Waals surface area contributed by atoms with Gasteiger partial charge in [-0.2, -0.15) is 0 Å². The van der Waals surface area contributed by atoms with Crippen molar-refractivity contribution in [3.05, 3.63) is 87.7 Å². The average molecular weight is 395 g/mol. The highest BCUT2D eigenvalue weighted by molar-refractivity contribution is 6.30. The molecule has 1 heterocycles. The van der Waals surface area contributed by atoms with Crippen molar-refractivity contribution in [2.75, 3.05) is 5.32 Å². The molecule has 3 aromatic carbocycles. The molecule has 1 aromatic heterocycles. The van der Waals surface area contributed by atoms with Crippen molar-refractivity contribution in [2.24, 2.45) is 0 Å². The van der Waals surface area contributed by atoms with Crippen molar-refractivity contribution >= 4 is 39.7 Å². The van der Waals surface area contributed by atoms with E-state index >= 15 is 0 Å². The SMILES string of the molecule is O=[N+]([O-])c1ccc(F)c(Nc2nc(-c3ccc(Cl)cc3)nc3ccccc23)c1.